The third kappa shape index (κ3) is 6.17. The lowest BCUT2D eigenvalue weighted by Crippen LogP contribution is -2.63. The van der Waals surface area contributed by atoms with Gasteiger partial charge in [0.25, 0.3) is 0 Å². The Hall–Kier alpha value is -0.850. The molecule has 14 nitrogen and oxygen atoms in total. The van der Waals surface area contributed by atoms with Gasteiger partial charge >= 0.3 is 0 Å². The molecule has 0 aromatic heterocycles. The average Bonchev–Trinajstić information content (AvgIpc) is 3.68. The summed E-state index contributed by atoms with van der Waals surface area (Å²) in [5.74, 6) is -0.342. The molecule has 21 atom stereocenters. The van der Waals surface area contributed by atoms with Gasteiger partial charge in [-0.15, -0.1) is 0 Å². The molecule has 0 amide bonds. The van der Waals surface area contributed by atoms with Gasteiger partial charge in [-0.3, -0.25) is 4.79 Å². The van der Waals surface area contributed by atoms with Gasteiger partial charge in [-0.2, -0.15) is 0 Å². The van der Waals surface area contributed by atoms with Crippen LogP contribution in [0.2, 0.25) is 0 Å². The molecule has 2 heterocycles. The molecule has 5 saturated carbocycles. The lowest BCUT2D eigenvalue weighted by molar-refractivity contribution is -0.362. The van der Waals surface area contributed by atoms with Crippen LogP contribution in [0.5, 0.6) is 0 Å². The summed E-state index contributed by atoms with van der Waals surface area (Å²) in [5, 5.41) is 96.5. The number of ether oxygens (including phenoxy) is 4. The normalized spacial score (nSPS) is 53.7. The van der Waals surface area contributed by atoms with Crippen molar-refractivity contribution in [3.8, 4) is 0 Å². The zero-order valence-corrected chi connectivity index (χ0v) is 33.7. The van der Waals surface area contributed by atoms with Gasteiger partial charge in [0, 0.05) is 17.8 Å². The summed E-state index contributed by atoms with van der Waals surface area (Å²) in [5.41, 5.74) is -3.07. The number of hydrogen-bond donors (Lipinski definition) is 9. The van der Waals surface area contributed by atoms with Gasteiger partial charge in [-0.25, -0.2) is 0 Å². The van der Waals surface area contributed by atoms with Crippen molar-refractivity contribution in [3.05, 3.63) is 0 Å². The first-order valence-corrected chi connectivity index (χ1v) is 20.7. The van der Waals surface area contributed by atoms with E-state index in [1.54, 1.807) is 0 Å². The highest BCUT2D eigenvalue weighted by atomic mass is 16.8. The molecule has 2 saturated heterocycles. The lowest BCUT2D eigenvalue weighted by atomic mass is 9.41. The van der Waals surface area contributed by atoms with Crippen molar-refractivity contribution >= 4 is 5.78 Å². The van der Waals surface area contributed by atoms with E-state index in [1.807, 2.05) is 6.92 Å². The predicted octanol–water partition coefficient (Wildman–Crippen LogP) is 0.770. The number of fused-ring (bicyclic) bond motifs is 2. The summed E-state index contributed by atoms with van der Waals surface area (Å²) in [7, 11) is 0. The van der Waals surface area contributed by atoms with E-state index in [4.69, 9.17) is 18.9 Å². The summed E-state index contributed by atoms with van der Waals surface area (Å²) in [6, 6.07) is 0. The minimum atomic E-state index is -1.64. The Morgan fingerprint density at radius 2 is 1.53 bits per heavy atom. The number of ketones is 1. The number of rotatable bonds is 9. The molecule has 0 aromatic carbocycles. The smallest absolute Gasteiger partial charge is 0.187 e. The Morgan fingerprint density at radius 1 is 0.855 bits per heavy atom. The van der Waals surface area contributed by atoms with E-state index in [2.05, 4.69) is 27.7 Å². The largest absolute Gasteiger partial charge is 0.393 e. The first-order chi connectivity index (χ1) is 25.4. The number of Topliss-reactive ketones (excluding diaryl/α,β-unsaturated/α-hetero) is 1. The van der Waals surface area contributed by atoms with Crippen LogP contribution in [0.25, 0.3) is 0 Å². The summed E-state index contributed by atoms with van der Waals surface area (Å²) < 4.78 is 24.2. The van der Waals surface area contributed by atoms with Crippen molar-refractivity contribution in [1.29, 1.82) is 0 Å². The number of aliphatic hydroxyl groups is 9. The number of aliphatic hydroxyl groups excluding tert-OH is 8. The van der Waals surface area contributed by atoms with E-state index < -0.39 is 90.7 Å². The molecule has 0 aromatic rings. The van der Waals surface area contributed by atoms with Gasteiger partial charge in [0.2, 0.25) is 0 Å². The molecule has 0 radical (unpaired) electrons. The van der Waals surface area contributed by atoms with Crippen molar-refractivity contribution in [2.24, 2.45) is 50.7 Å². The predicted molar refractivity (Wildman–Crippen MR) is 195 cm³/mol. The van der Waals surface area contributed by atoms with Crippen LogP contribution >= 0.6 is 0 Å². The number of carbonyl (C=O) groups is 1. The zero-order valence-electron chi connectivity index (χ0n) is 33.7. The minimum Gasteiger partial charge on any atom is -0.393 e. The molecular weight excluding hydrogens is 716 g/mol. The van der Waals surface area contributed by atoms with Gasteiger partial charge in [-0.1, -0.05) is 34.6 Å². The van der Waals surface area contributed by atoms with Gasteiger partial charge < -0.3 is 64.9 Å². The summed E-state index contributed by atoms with van der Waals surface area (Å²) >= 11 is 0. The minimum absolute atomic E-state index is 0.0691. The van der Waals surface area contributed by atoms with Crippen molar-refractivity contribution < 1.29 is 69.7 Å². The van der Waals surface area contributed by atoms with Crippen molar-refractivity contribution in [3.63, 3.8) is 0 Å². The second-order valence-electron chi connectivity index (χ2n) is 20.7. The zero-order chi connectivity index (χ0) is 40.6. The van der Waals surface area contributed by atoms with Crippen LogP contribution in [0, 0.1) is 50.7 Å². The Bertz CT molecular complexity index is 1450. The fraction of sp³-hybridized carbons (Fsp3) is 0.976. The Kier molecular flexibility index (Phi) is 10.6. The fourth-order valence-electron chi connectivity index (χ4n) is 14.0. The van der Waals surface area contributed by atoms with Crippen molar-refractivity contribution in [1.82, 2.24) is 0 Å². The topological polar surface area (TPSA) is 236 Å². The molecule has 9 N–H and O–H groups in total. The second kappa shape index (κ2) is 13.9. The van der Waals surface area contributed by atoms with Crippen LogP contribution in [0.15, 0.2) is 0 Å². The molecular formula is C41H68O14. The molecule has 7 fully saturated rings. The van der Waals surface area contributed by atoms with Crippen LogP contribution in [0.3, 0.4) is 0 Å². The molecule has 2 spiro atoms. The maximum atomic E-state index is 14.7. The fourth-order valence-corrected chi connectivity index (χ4v) is 14.0. The van der Waals surface area contributed by atoms with Gasteiger partial charge in [-0.05, 0) is 105 Å². The van der Waals surface area contributed by atoms with Crippen LogP contribution in [0.1, 0.15) is 107 Å². The van der Waals surface area contributed by atoms with E-state index in [1.165, 1.54) is 20.8 Å². The monoisotopic (exact) mass is 784 g/mol. The van der Waals surface area contributed by atoms with E-state index in [0.29, 0.717) is 19.3 Å². The summed E-state index contributed by atoms with van der Waals surface area (Å²) in [4.78, 5) is 14.7. The lowest BCUT2D eigenvalue weighted by Gasteiger charge is -2.63. The van der Waals surface area contributed by atoms with Crippen molar-refractivity contribution in [2.75, 3.05) is 6.61 Å². The average molecular weight is 785 g/mol. The molecule has 0 unspecified atom stereocenters. The van der Waals surface area contributed by atoms with Gasteiger partial charge in [0.1, 0.15) is 48.5 Å². The number of hydrogen-bond acceptors (Lipinski definition) is 14. The molecule has 0 bridgehead atoms. The first kappa shape index (κ1) is 42.3. The van der Waals surface area contributed by atoms with Crippen LogP contribution < -0.4 is 0 Å². The van der Waals surface area contributed by atoms with Crippen LogP contribution in [-0.4, -0.2) is 144 Å². The summed E-state index contributed by atoms with van der Waals surface area (Å²) in [6.07, 6.45) is -10.5. The Labute approximate surface area is 324 Å². The van der Waals surface area contributed by atoms with Crippen LogP contribution in [0.4, 0.5) is 0 Å². The maximum absolute atomic E-state index is 14.7. The molecule has 7 aliphatic rings. The van der Waals surface area contributed by atoms with E-state index in [-0.39, 0.29) is 64.1 Å². The molecule has 55 heavy (non-hydrogen) atoms. The Morgan fingerprint density at radius 3 is 2.18 bits per heavy atom. The maximum Gasteiger partial charge on any atom is 0.187 e. The second-order valence-corrected chi connectivity index (χ2v) is 20.7. The SMILES string of the molecule is C[C@H](C[C@H](O)[C@@H](O)C(C)(C)O)[C@H]1[C@@H](O)C[C@@]2(C)[C@@H]3CC(=O)[C@H]4C(C)(C)[C@@H](O[C@@H]5OC[C@@H](O)[C@H](O)[C@H]5O[C@@H]5O[C@@H](C)[C@H](O)[C@@H](O)[C@H]5O)CC[C@@]45C[C@@]35CC[C@]12C. The van der Waals surface area contributed by atoms with E-state index in [0.717, 1.165) is 25.7 Å². The van der Waals surface area contributed by atoms with E-state index >= 15 is 0 Å². The summed E-state index contributed by atoms with van der Waals surface area (Å²) in [6.45, 7) is 14.9. The third-order valence-corrected chi connectivity index (χ3v) is 17.0. The molecule has 316 valence electrons. The highest BCUT2D eigenvalue weighted by Crippen LogP contribution is 2.88. The highest BCUT2D eigenvalue weighted by Gasteiger charge is 2.84. The van der Waals surface area contributed by atoms with E-state index in [9.17, 15) is 50.8 Å². The Balaban J connectivity index is 1.09. The number of carbonyl (C=O) groups excluding carboxylic acids is 1. The quantitative estimate of drug-likeness (QED) is 0.147. The highest BCUT2D eigenvalue weighted by molar-refractivity contribution is 5.86. The van der Waals surface area contributed by atoms with Gasteiger partial charge in [0.15, 0.2) is 12.6 Å². The molecule has 2 aliphatic heterocycles. The van der Waals surface area contributed by atoms with Crippen molar-refractivity contribution in [2.45, 2.75) is 192 Å². The first-order valence-electron chi connectivity index (χ1n) is 20.7. The van der Waals surface area contributed by atoms with Gasteiger partial charge in [0.05, 0.1) is 36.6 Å². The standard InChI is InChI=1S/C41H68O14/c1-18(13-21(43)33(50)37(5,6)51)26-22(44)15-39(8)24-14-20(42)32-36(3,4)25(9-10-41(32)17-40(24,41)12-11-38(26,39)7)54-35-31(28(47)23(45)16-52-35)55-34-30(49)29(48)27(46)19(2)53-34/h18-19,21-35,43-51H,9-17H2,1-8H3/t18-,19+,21+,22+,23-,24+,25+,26+,27+,28+,29-,30-,31-,32+,33-,34+,35+,38-,39+,40+,41-/m1/s1. The third-order valence-electron chi connectivity index (χ3n) is 17.0. The van der Waals surface area contributed by atoms with Crippen LogP contribution in [-0.2, 0) is 23.7 Å². The molecule has 7 rings (SSSR count). The molecule has 5 aliphatic carbocycles. The molecule has 14 heteroatoms.